The van der Waals surface area contributed by atoms with Crippen LogP contribution >= 0.6 is 0 Å². The molecule has 7 nitrogen and oxygen atoms in total. The topological polar surface area (TPSA) is 83.0 Å². The van der Waals surface area contributed by atoms with E-state index < -0.39 is 17.7 Å². The molecule has 29 heavy (non-hydrogen) atoms. The Morgan fingerprint density at radius 2 is 2.00 bits per heavy atom. The molecule has 150 valence electrons. The molecular weight excluding hydrogens is 370 g/mol. The quantitative estimate of drug-likeness (QED) is 0.489. The first-order chi connectivity index (χ1) is 14.0. The van der Waals surface area contributed by atoms with Crippen molar-refractivity contribution in [2.24, 2.45) is 0 Å². The van der Waals surface area contributed by atoms with Crippen molar-refractivity contribution in [2.45, 2.75) is 19.4 Å². The van der Waals surface area contributed by atoms with Crippen molar-refractivity contribution in [1.29, 1.82) is 0 Å². The standard InChI is InChI=1S/C22H23N3O4/c1-3-10-25-19(14-6-8-23-9-7-14)18(21(27)22(25)28)20(26)15-4-5-17-16(13-15)24(2)11-12-29-17/h4-9,13,19,26H,3,10-12H2,1-2H3/b20-18-. The molecule has 1 N–H and O–H groups in total. The zero-order valence-electron chi connectivity index (χ0n) is 16.5. The fourth-order valence-electron chi connectivity index (χ4n) is 3.90. The molecule has 2 aliphatic rings. The summed E-state index contributed by atoms with van der Waals surface area (Å²) >= 11 is 0. The van der Waals surface area contributed by atoms with Crippen LogP contribution in [-0.2, 0) is 9.59 Å². The monoisotopic (exact) mass is 393 g/mol. The van der Waals surface area contributed by atoms with Crippen molar-refractivity contribution in [3.63, 3.8) is 0 Å². The van der Waals surface area contributed by atoms with Gasteiger partial charge in [0.25, 0.3) is 11.7 Å². The van der Waals surface area contributed by atoms with Gasteiger partial charge >= 0.3 is 0 Å². The molecule has 0 radical (unpaired) electrons. The highest BCUT2D eigenvalue weighted by Gasteiger charge is 2.45. The summed E-state index contributed by atoms with van der Waals surface area (Å²) in [4.78, 5) is 33.2. The number of aromatic nitrogens is 1. The van der Waals surface area contributed by atoms with Crippen LogP contribution in [0.15, 0.2) is 48.3 Å². The van der Waals surface area contributed by atoms with Gasteiger partial charge in [0.2, 0.25) is 0 Å². The molecule has 4 rings (SSSR count). The van der Waals surface area contributed by atoms with Crippen LogP contribution < -0.4 is 9.64 Å². The second kappa shape index (κ2) is 7.58. The first-order valence-corrected chi connectivity index (χ1v) is 9.69. The number of ketones is 1. The Kier molecular flexibility index (Phi) is 4.96. The molecular formula is C22H23N3O4. The summed E-state index contributed by atoms with van der Waals surface area (Å²) in [6.07, 6.45) is 3.94. The van der Waals surface area contributed by atoms with Crippen LogP contribution in [-0.4, -0.2) is 53.4 Å². The first-order valence-electron chi connectivity index (χ1n) is 9.69. The van der Waals surface area contributed by atoms with Crippen molar-refractivity contribution in [1.82, 2.24) is 9.88 Å². The van der Waals surface area contributed by atoms with Crippen molar-refractivity contribution < 1.29 is 19.4 Å². The number of nitrogens with zero attached hydrogens (tertiary/aromatic N) is 3. The molecule has 1 aromatic carbocycles. The predicted octanol–water partition coefficient (Wildman–Crippen LogP) is 2.74. The molecule has 1 amide bonds. The molecule has 3 heterocycles. The predicted molar refractivity (Wildman–Crippen MR) is 109 cm³/mol. The number of likely N-dealkylation sites (N-methyl/N-ethyl adjacent to an activating group) is 1. The second-order valence-electron chi connectivity index (χ2n) is 7.23. The van der Waals surface area contributed by atoms with Crippen LogP contribution in [0.25, 0.3) is 5.76 Å². The van der Waals surface area contributed by atoms with Gasteiger partial charge in [0.05, 0.1) is 23.8 Å². The summed E-state index contributed by atoms with van der Waals surface area (Å²) in [7, 11) is 1.95. The van der Waals surface area contributed by atoms with Crippen LogP contribution in [0.3, 0.4) is 0 Å². The molecule has 2 aromatic rings. The number of anilines is 1. The zero-order chi connectivity index (χ0) is 20.5. The van der Waals surface area contributed by atoms with Gasteiger partial charge in [-0.15, -0.1) is 0 Å². The average Bonchev–Trinajstić information content (AvgIpc) is 2.99. The van der Waals surface area contributed by atoms with E-state index >= 15 is 0 Å². The smallest absolute Gasteiger partial charge is 0.295 e. The van der Waals surface area contributed by atoms with Crippen LogP contribution in [0.4, 0.5) is 5.69 Å². The molecule has 0 saturated carbocycles. The summed E-state index contributed by atoms with van der Waals surface area (Å²) in [5.41, 5.74) is 2.17. The van der Waals surface area contributed by atoms with E-state index in [0.717, 1.165) is 23.5 Å². The normalized spacial score (nSPS) is 20.6. The van der Waals surface area contributed by atoms with Crippen LogP contribution in [0.2, 0.25) is 0 Å². The minimum Gasteiger partial charge on any atom is -0.507 e. The highest BCUT2D eigenvalue weighted by atomic mass is 16.5. The number of likely N-dealkylation sites (tertiary alicyclic amines) is 1. The molecule has 1 atom stereocenters. The largest absolute Gasteiger partial charge is 0.507 e. The molecule has 1 fully saturated rings. The van der Waals surface area contributed by atoms with Crippen LogP contribution in [0.1, 0.15) is 30.5 Å². The van der Waals surface area contributed by atoms with Crippen LogP contribution in [0.5, 0.6) is 5.75 Å². The van der Waals surface area contributed by atoms with E-state index in [1.165, 1.54) is 4.90 Å². The average molecular weight is 393 g/mol. The van der Waals surface area contributed by atoms with Crippen molar-refractivity contribution in [3.8, 4) is 5.75 Å². The summed E-state index contributed by atoms with van der Waals surface area (Å²) < 4.78 is 5.66. The molecule has 1 aromatic heterocycles. The number of pyridine rings is 1. The lowest BCUT2D eigenvalue weighted by molar-refractivity contribution is -0.139. The number of fused-ring (bicyclic) bond motifs is 1. The fourth-order valence-corrected chi connectivity index (χ4v) is 3.90. The van der Waals surface area contributed by atoms with E-state index in [4.69, 9.17) is 4.74 Å². The van der Waals surface area contributed by atoms with E-state index in [9.17, 15) is 14.7 Å². The Bertz CT molecular complexity index is 987. The molecule has 2 aliphatic heterocycles. The third-order valence-electron chi connectivity index (χ3n) is 5.35. The Hall–Kier alpha value is -3.35. The number of hydrogen-bond donors (Lipinski definition) is 1. The van der Waals surface area contributed by atoms with Gasteiger partial charge in [-0.3, -0.25) is 14.6 Å². The number of carbonyl (C=O) groups excluding carboxylic acids is 2. The highest BCUT2D eigenvalue weighted by molar-refractivity contribution is 6.46. The molecule has 0 spiro atoms. The lowest BCUT2D eigenvalue weighted by atomic mass is 9.95. The number of ether oxygens (including phenoxy) is 1. The van der Waals surface area contributed by atoms with Gasteiger partial charge in [0.15, 0.2) is 0 Å². The third-order valence-corrected chi connectivity index (χ3v) is 5.35. The molecule has 0 aliphatic carbocycles. The number of amides is 1. The number of benzene rings is 1. The van der Waals surface area contributed by atoms with Crippen molar-refractivity contribution >= 4 is 23.1 Å². The SMILES string of the molecule is CCCN1C(=O)C(=O)/C(=C(\O)c2ccc3c(c2)N(C)CCO3)C1c1ccncc1. The number of rotatable bonds is 4. The first kappa shape index (κ1) is 19.0. The zero-order valence-corrected chi connectivity index (χ0v) is 16.5. The van der Waals surface area contributed by atoms with Gasteiger partial charge in [-0.2, -0.15) is 0 Å². The Balaban J connectivity index is 1.85. The summed E-state index contributed by atoms with van der Waals surface area (Å²) in [5.74, 6) is -0.702. The Morgan fingerprint density at radius 3 is 2.72 bits per heavy atom. The highest BCUT2D eigenvalue weighted by Crippen LogP contribution is 2.40. The number of aliphatic hydroxyl groups excluding tert-OH is 1. The van der Waals surface area contributed by atoms with E-state index in [0.29, 0.717) is 25.1 Å². The second-order valence-corrected chi connectivity index (χ2v) is 7.23. The van der Waals surface area contributed by atoms with Crippen molar-refractivity contribution in [2.75, 3.05) is 31.6 Å². The number of Topliss-reactive ketones (excluding diaryl/α,β-unsaturated/α-hetero) is 1. The fraction of sp³-hybridized carbons (Fsp3) is 0.318. The minimum atomic E-state index is -0.667. The maximum absolute atomic E-state index is 12.9. The van der Waals surface area contributed by atoms with Gasteiger partial charge in [-0.05, 0) is 42.3 Å². The molecule has 1 unspecified atom stereocenters. The Labute approximate surface area is 169 Å². The summed E-state index contributed by atoms with van der Waals surface area (Å²) in [5, 5.41) is 11.1. The van der Waals surface area contributed by atoms with Gasteiger partial charge in [-0.25, -0.2) is 0 Å². The molecule has 1 saturated heterocycles. The number of hydrogen-bond acceptors (Lipinski definition) is 6. The summed E-state index contributed by atoms with van der Waals surface area (Å²) in [6.45, 7) is 3.70. The maximum atomic E-state index is 12.9. The Morgan fingerprint density at radius 1 is 1.24 bits per heavy atom. The van der Waals surface area contributed by atoms with E-state index in [-0.39, 0.29) is 11.3 Å². The van der Waals surface area contributed by atoms with E-state index in [1.807, 2.05) is 18.9 Å². The lowest BCUT2D eigenvalue weighted by Crippen LogP contribution is -2.30. The third kappa shape index (κ3) is 3.22. The van der Waals surface area contributed by atoms with Gasteiger partial charge < -0.3 is 19.6 Å². The van der Waals surface area contributed by atoms with Gasteiger partial charge in [-0.1, -0.05) is 6.92 Å². The number of aliphatic hydroxyl groups is 1. The summed E-state index contributed by atoms with van der Waals surface area (Å²) in [6, 6.07) is 8.18. The minimum absolute atomic E-state index is 0.106. The lowest BCUT2D eigenvalue weighted by Gasteiger charge is -2.28. The van der Waals surface area contributed by atoms with Crippen LogP contribution in [0, 0.1) is 0 Å². The van der Waals surface area contributed by atoms with Crippen molar-refractivity contribution in [3.05, 3.63) is 59.4 Å². The van der Waals surface area contributed by atoms with Gasteiger partial charge in [0, 0.05) is 31.5 Å². The van der Waals surface area contributed by atoms with E-state index in [2.05, 4.69) is 4.98 Å². The number of carbonyl (C=O) groups is 2. The molecule has 7 heteroatoms. The van der Waals surface area contributed by atoms with Gasteiger partial charge in [0.1, 0.15) is 18.1 Å². The maximum Gasteiger partial charge on any atom is 0.295 e. The van der Waals surface area contributed by atoms with E-state index in [1.54, 1.807) is 42.7 Å². The molecule has 0 bridgehead atoms.